The van der Waals surface area contributed by atoms with Gasteiger partial charge in [-0.1, -0.05) is 36.4 Å². The van der Waals surface area contributed by atoms with Crippen LogP contribution in [-0.2, 0) is 22.5 Å². The van der Waals surface area contributed by atoms with Gasteiger partial charge < -0.3 is 30.8 Å². The largest absolute Gasteiger partial charge is 0.496 e. The minimum absolute atomic E-state index is 0.141. The summed E-state index contributed by atoms with van der Waals surface area (Å²) in [4.78, 5) is 47.9. The Hall–Kier alpha value is -4.96. The van der Waals surface area contributed by atoms with Crippen LogP contribution in [0.3, 0.4) is 0 Å². The second kappa shape index (κ2) is 13.3. The molecule has 10 nitrogen and oxygen atoms in total. The number of carbonyl (C=O) groups is 3. The monoisotopic (exact) mass is 583 g/mol. The van der Waals surface area contributed by atoms with Gasteiger partial charge in [0, 0.05) is 12.1 Å². The maximum absolute atomic E-state index is 14.1. The van der Waals surface area contributed by atoms with Crippen molar-refractivity contribution < 1.29 is 23.9 Å². The molecular formula is C33H37N5O5. The number of aryl methyl sites for hydroxylation is 2. The molecule has 10 heteroatoms. The number of H-pyrrole nitrogens is 1. The quantitative estimate of drug-likeness (QED) is 0.223. The number of methoxy groups -OCH3 is 2. The number of carbonyl (C=O) groups excluding carboxylic acids is 3. The molecule has 0 aliphatic carbocycles. The van der Waals surface area contributed by atoms with Crippen molar-refractivity contribution in [2.24, 2.45) is 11.5 Å². The Bertz CT molecular complexity index is 1610. The minimum atomic E-state index is -0.902. The van der Waals surface area contributed by atoms with Crippen LogP contribution in [0.25, 0.3) is 11.3 Å². The molecule has 3 aromatic carbocycles. The van der Waals surface area contributed by atoms with E-state index in [9.17, 15) is 14.4 Å². The zero-order valence-electron chi connectivity index (χ0n) is 25.0. The number of hydrogen-bond acceptors (Lipinski definition) is 7. The number of aromatic nitrogens is 2. The number of esters is 1. The van der Waals surface area contributed by atoms with Crippen molar-refractivity contribution in [1.82, 2.24) is 14.9 Å². The number of nitrogens with two attached hydrogens (primary N) is 2. The average molecular weight is 584 g/mol. The van der Waals surface area contributed by atoms with E-state index in [1.165, 1.54) is 14.2 Å². The van der Waals surface area contributed by atoms with Gasteiger partial charge in [0.15, 0.2) is 0 Å². The number of nitrogens with one attached hydrogen (secondary N) is 1. The molecule has 43 heavy (non-hydrogen) atoms. The Labute approximate surface area is 251 Å². The van der Waals surface area contributed by atoms with E-state index >= 15 is 0 Å². The molecule has 0 saturated heterocycles. The Morgan fingerprint density at radius 3 is 2.28 bits per heavy atom. The summed E-state index contributed by atoms with van der Waals surface area (Å²) in [5.74, 6) is -0.428. The van der Waals surface area contributed by atoms with Gasteiger partial charge in [-0.05, 0) is 79.3 Å². The summed E-state index contributed by atoms with van der Waals surface area (Å²) in [6, 6.07) is 16.9. The molecule has 224 valence electrons. The fourth-order valence-corrected chi connectivity index (χ4v) is 5.16. The molecule has 0 fully saturated rings. The van der Waals surface area contributed by atoms with Crippen molar-refractivity contribution in [3.8, 4) is 17.0 Å². The van der Waals surface area contributed by atoms with Crippen LogP contribution in [-0.4, -0.2) is 52.9 Å². The second-order valence-corrected chi connectivity index (χ2v) is 10.5. The van der Waals surface area contributed by atoms with Gasteiger partial charge in [0.1, 0.15) is 17.1 Å². The molecule has 0 saturated carbocycles. The van der Waals surface area contributed by atoms with Crippen LogP contribution < -0.4 is 16.2 Å². The van der Waals surface area contributed by atoms with Crippen LogP contribution in [0.5, 0.6) is 5.75 Å². The highest BCUT2D eigenvalue weighted by Gasteiger charge is 2.29. The molecule has 2 amide bonds. The van der Waals surface area contributed by atoms with Crippen LogP contribution in [0, 0.1) is 13.8 Å². The minimum Gasteiger partial charge on any atom is -0.496 e. The maximum Gasteiger partial charge on any atom is 0.341 e. The lowest BCUT2D eigenvalue weighted by Crippen LogP contribution is -2.46. The molecule has 1 unspecified atom stereocenters. The van der Waals surface area contributed by atoms with E-state index in [1.54, 1.807) is 41.4 Å². The van der Waals surface area contributed by atoms with E-state index in [1.807, 2.05) is 51.1 Å². The lowest BCUT2D eigenvalue weighted by molar-refractivity contribution is -0.135. The summed E-state index contributed by atoms with van der Waals surface area (Å²) in [6.07, 6.45) is 1.99. The normalized spacial score (nSPS) is 12.3. The van der Waals surface area contributed by atoms with Crippen LogP contribution in [0.1, 0.15) is 61.8 Å². The zero-order chi connectivity index (χ0) is 31.3. The predicted molar refractivity (Wildman–Crippen MR) is 163 cm³/mol. The number of rotatable bonds is 11. The third-order valence-corrected chi connectivity index (χ3v) is 7.57. The van der Waals surface area contributed by atoms with Crippen molar-refractivity contribution in [2.75, 3.05) is 14.2 Å². The van der Waals surface area contributed by atoms with E-state index in [0.29, 0.717) is 22.7 Å². The van der Waals surface area contributed by atoms with Gasteiger partial charge in [-0.2, -0.15) is 0 Å². The number of primary amides is 1. The highest BCUT2D eigenvalue weighted by atomic mass is 16.5. The standard InChI is InChI=1S/C33H37N5O5/c1-19-13-24(30(35)39)14-20(2)25(19)16-27(34)32(40)38(18-22-11-12-29(42-4)26(15-22)33(41)43-5)21(3)31-36-17-28(37-31)23-9-7-6-8-10-23/h6-15,17,21,27H,16,18,34H2,1-5H3,(H2,35,39)(H,36,37)/t21-,27?/m1/s1. The van der Waals surface area contributed by atoms with Gasteiger partial charge in [0.05, 0.1) is 38.2 Å². The molecule has 0 spiro atoms. The van der Waals surface area contributed by atoms with Crippen molar-refractivity contribution in [1.29, 1.82) is 0 Å². The van der Waals surface area contributed by atoms with Crippen molar-refractivity contribution in [3.05, 3.63) is 106 Å². The smallest absolute Gasteiger partial charge is 0.341 e. The molecule has 2 atom stereocenters. The Kier molecular flexibility index (Phi) is 9.62. The number of hydrogen-bond donors (Lipinski definition) is 3. The predicted octanol–water partition coefficient (Wildman–Crippen LogP) is 4.25. The third kappa shape index (κ3) is 6.92. The topological polar surface area (TPSA) is 154 Å². The molecule has 1 aromatic heterocycles. The summed E-state index contributed by atoms with van der Waals surface area (Å²) >= 11 is 0. The fourth-order valence-electron chi connectivity index (χ4n) is 5.16. The fraction of sp³-hybridized carbons (Fsp3) is 0.273. The number of benzene rings is 3. The molecule has 0 aliphatic rings. The third-order valence-electron chi connectivity index (χ3n) is 7.57. The van der Waals surface area contributed by atoms with Crippen molar-refractivity contribution >= 4 is 17.8 Å². The summed E-state index contributed by atoms with van der Waals surface area (Å²) in [7, 11) is 2.77. The first-order chi connectivity index (χ1) is 20.5. The van der Waals surface area contributed by atoms with Gasteiger partial charge in [0.25, 0.3) is 0 Å². The molecule has 1 heterocycles. The summed E-state index contributed by atoms with van der Waals surface area (Å²) in [6.45, 7) is 5.75. The summed E-state index contributed by atoms with van der Waals surface area (Å²) in [5.41, 5.74) is 17.7. The van der Waals surface area contributed by atoms with Gasteiger partial charge in [-0.25, -0.2) is 9.78 Å². The van der Waals surface area contributed by atoms with Crippen LogP contribution in [0.2, 0.25) is 0 Å². The first-order valence-corrected chi connectivity index (χ1v) is 13.9. The van der Waals surface area contributed by atoms with E-state index in [-0.39, 0.29) is 24.4 Å². The average Bonchev–Trinajstić information content (AvgIpc) is 3.51. The number of amides is 2. The maximum atomic E-state index is 14.1. The Morgan fingerprint density at radius 2 is 1.67 bits per heavy atom. The lowest BCUT2D eigenvalue weighted by Gasteiger charge is -2.31. The zero-order valence-corrected chi connectivity index (χ0v) is 25.0. The molecule has 0 radical (unpaired) electrons. The first kappa shape index (κ1) is 31.0. The SMILES string of the molecule is COC(=O)c1cc(CN(C(=O)C(N)Cc2c(C)cc(C(N)=O)cc2C)[C@H](C)c2ncc(-c3ccccc3)[nH]2)ccc1OC. The Morgan fingerprint density at radius 1 is 1.00 bits per heavy atom. The molecule has 4 aromatic rings. The van der Waals surface area contributed by atoms with E-state index < -0.39 is 24.0 Å². The van der Waals surface area contributed by atoms with E-state index in [2.05, 4.69) is 9.97 Å². The summed E-state index contributed by atoms with van der Waals surface area (Å²) in [5, 5.41) is 0. The first-order valence-electron chi connectivity index (χ1n) is 13.9. The van der Waals surface area contributed by atoms with Crippen molar-refractivity contribution in [3.63, 3.8) is 0 Å². The number of nitrogens with zero attached hydrogens (tertiary/aromatic N) is 2. The van der Waals surface area contributed by atoms with Crippen LogP contribution in [0.4, 0.5) is 0 Å². The van der Waals surface area contributed by atoms with Gasteiger partial charge >= 0.3 is 5.97 Å². The lowest BCUT2D eigenvalue weighted by atomic mass is 9.93. The highest BCUT2D eigenvalue weighted by molar-refractivity contribution is 5.93. The molecular weight excluding hydrogens is 546 g/mol. The number of ether oxygens (including phenoxy) is 2. The molecule has 4 rings (SSSR count). The van der Waals surface area contributed by atoms with Crippen LogP contribution in [0.15, 0.2) is 66.9 Å². The van der Waals surface area contributed by atoms with Gasteiger partial charge in [-0.15, -0.1) is 0 Å². The Balaban J connectivity index is 1.69. The number of aromatic amines is 1. The van der Waals surface area contributed by atoms with Gasteiger partial charge in [-0.3, -0.25) is 9.59 Å². The molecule has 5 N–H and O–H groups in total. The summed E-state index contributed by atoms with van der Waals surface area (Å²) < 4.78 is 10.3. The van der Waals surface area contributed by atoms with Crippen LogP contribution >= 0.6 is 0 Å². The molecule has 0 bridgehead atoms. The second-order valence-electron chi connectivity index (χ2n) is 10.5. The van der Waals surface area contributed by atoms with Crippen molar-refractivity contribution in [2.45, 2.75) is 45.8 Å². The van der Waals surface area contributed by atoms with E-state index in [4.69, 9.17) is 20.9 Å². The number of imidazole rings is 1. The highest BCUT2D eigenvalue weighted by Crippen LogP contribution is 2.28. The van der Waals surface area contributed by atoms with E-state index in [0.717, 1.165) is 27.9 Å². The molecule has 0 aliphatic heterocycles. The van der Waals surface area contributed by atoms with Gasteiger partial charge in [0.2, 0.25) is 11.8 Å².